The molecule has 0 fully saturated rings. The Bertz CT molecular complexity index is 1850. The van der Waals surface area contributed by atoms with E-state index in [-0.39, 0.29) is 30.9 Å². The largest absolute Gasteiger partial charge is 2.00 e. The zero-order valence-electron chi connectivity index (χ0n) is 22.7. The number of rotatable bonds is 3. The van der Waals surface area contributed by atoms with Crippen LogP contribution in [0.15, 0.2) is 103 Å². The predicted octanol–water partition coefficient (Wildman–Crippen LogP) is 7.27. The van der Waals surface area contributed by atoms with Crippen LogP contribution in [0.4, 0.5) is 17.6 Å². The summed E-state index contributed by atoms with van der Waals surface area (Å²) in [6.07, 6.45) is 1.67. The number of halogens is 4. The standard InChI is InChI=1S/C35H20F4N4.Os/c36-20-13-15-22(24(38)18-20)33-27-7-3-8-28(41-27)34(23-16-14-21(37)19-25(23)39)30-10-5-12-32(43-30)35(26-6-1-2-17-40-26)31-11-4-9-29(33)42-31;/h1-14,17-19,33-35H;/q-2;+2. The molecule has 2 unspecified atom stereocenters. The molecule has 0 radical (unpaired) electrons. The predicted molar refractivity (Wildman–Crippen MR) is 150 cm³/mol. The fourth-order valence-corrected chi connectivity index (χ4v) is 5.62. The first kappa shape index (κ1) is 29.5. The maximum absolute atomic E-state index is 15.4. The van der Waals surface area contributed by atoms with Crippen LogP contribution in [-0.2, 0) is 19.8 Å². The van der Waals surface area contributed by atoms with Crippen molar-refractivity contribution in [2.75, 3.05) is 0 Å². The Labute approximate surface area is 264 Å². The first-order valence-corrected chi connectivity index (χ1v) is 13.5. The van der Waals surface area contributed by atoms with E-state index >= 15 is 8.78 Å². The molecule has 9 heteroatoms. The molecule has 0 spiro atoms. The van der Waals surface area contributed by atoms with Crippen molar-refractivity contribution in [3.63, 3.8) is 0 Å². The number of nitrogens with zero attached hydrogens (tertiary/aromatic N) is 4. The maximum atomic E-state index is 15.4. The van der Waals surface area contributed by atoms with Crippen molar-refractivity contribution in [1.82, 2.24) is 19.9 Å². The van der Waals surface area contributed by atoms with E-state index in [4.69, 9.17) is 15.0 Å². The van der Waals surface area contributed by atoms with E-state index < -0.39 is 41.0 Å². The molecule has 5 heterocycles. The molecule has 44 heavy (non-hydrogen) atoms. The number of hydrogen-bond acceptors (Lipinski definition) is 4. The Kier molecular flexibility index (Phi) is 8.16. The van der Waals surface area contributed by atoms with Gasteiger partial charge >= 0.3 is 19.8 Å². The van der Waals surface area contributed by atoms with Gasteiger partial charge in [0.05, 0.1) is 45.8 Å². The third-order valence-electron chi connectivity index (χ3n) is 7.49. The zero-order chi connectivity index (χ0) is 29.5. The van der Waals surface area contributed by atoms with Crippen LogP contribution in [0.3, 0.4) is 0 Å². The van der Waals surface area contributed by atoms with Gasteiger partial charge in [-0.05, 0) is 48.5 Å². The van der Waals surface area contributed by atoms with Gasteiger partial charge in [-0.3, -0.25) is 37.5 Å². The number of benzene rings is 2. The van der Waals surface area contributed by atoms with Gasteiger partial charge in [0, 0.05) is 41.3 Å². The average molecular weight is 763 g/mol. The summed E-state index contributed by atoms with van der Waals surface area (Å²) in [6.45, 7) is 0. The summed E-state index contributed by atoms with van der Waals surface area (Å²) >= 11 is 0. The molecule has 4 nitrogen and oxygen atoms in total. The molecule has 2 atom stereocenters. The SMILES string of the molecule is Fc1c[c-]c(C2c3cccc(n3)C(c3ccccn3)c3cccc(n3)C(c3[c-]cc(F)cc3F)c3cccc2n3)c(F)c1.[Os+2]. The summed E-state index contributed by atoms with van der Waals surface area (Å²) in [4.78, 5) is 19.4. The zero-order valence-corrected chi connectivity index (χ0v) is 25.2. The third-order valence-corrected chi connectivity index (χ3v) is 7.49. The average Bonchev–Trinajstić information content (AvgIpc) is 3.01. The van der Waals surface area contributed by atoms with Crippen LogP contribution in [0.5, 0.6) is 0 Å². The molecule has 7 rings (SSSR count). The molecule has 216 valence electrons. The van der Waals surface area contributed by atoms with Gasteiger partial charge in [-0.1, -0.05) is 24.3 Å². The minimum Gasteiger partial charge on any atom is -0.284 e. The van der Waals surface area contributed by atoms with Gasteiger partial charge in [-0.2, -0.15) is 12.1 Å². The summed E-state index contributed by atoms with van der Waals surface area (Å²) in [5.41, 5.74) is 3.57. The van der Waals surface area contributed by atoms with Gasteiger partial charge in [-0.15, -0.1) is 35.4 Å². The third kappa shape index (κ3) is 5.44. The van der Waals surface area contributed by atoms with E-state index in [1.165, 1.54) is 0 Å². The number of pyridine rings is 4. The second-order valence-electron chi connectivity index (χ2n) is 10.2. The number of hydrogen-bond donors (Lipinski definition) is 0. The Morgan fingerprint density at radius 2 is 0.864 bits per heavy atom. The van der Waals surface area contributed by atoms with E-state index in [2.05, 4.69) is 17.1 Å². The normalized spacial score (nSPS) is 17.1. The van der Waals surface area contributed by atoms with Gasteiger partial charge in [0.1, 0.15) is 0 Å². The van der Waals surface area contributed by atoms with Crippen molar-refractivity contribution in [2.45, 2.75) is 17.8 Å². The van der Waals surface area contributed by atoms with Crippen molar-refractivity contribution in [3.05, 3.63) is 190 Å². The molecule has 4 aromatic heterocycles. The second-order valence-corrected chi connectivity index (χ2v) is 10.2. The fourth-order valence-electron chi connectivity index (χ4n) is 5.62. The van der Waals surface area contributed by atoms with Gasteiger partial charge in [0.15, 0.2) is 0 Å². The number of aromatic nitrogens is 4. The Morgan fingerprint density at radius 1 is 0.477 bits per heavy atom. The first-order chi connectivity index (χ1) is 21.0. The molecule has 6 bridgehead atoms. The summed E-state index contributed by atoms with van der Waals surface area (Å²) < 4.78 is 58.8. The topological polar surface area (TPSA) is 51.6 Å². The van der Waals surface area contributed by atoms with E-state index in [1.807, 2.05) is 36.4 Å². The molecule has 0 saturated carbocycles. The van der Waals surface area contributed by atoms with Crippen LogP contribution in [0.25, 0.3) is 0 Å². The van der Waals surface area contributed by atoms with Crippen LogP contribution < -0.4 is 0 Å². The van der Waals surface area contributed by atoms with Crippen LogP contribution in [0.2, 0.25) is 0 Å². The van der Waals surface area contributed by atoms with Gasteiger partial charge in [0.25, 0.3) is 0 Å². The minimum absolute atomic E-state index is 0. The van der Waals surface area contributed by atoms with E-state index in [0.29, 0.717) is 39.9 Å². The molecule has 2 aromatic carbocycles. The van der Waals surface area contributed by atoms with Crippen molar-refractivity contribution >= 4 is 0 Å². The maximum Gasteiger partial charge on any atom is 2.00 e. The van der Waals surface area contributed by atoms with Crippen molar-refractivity contribution < 1.29 is 37.4 Å². The van der Waals surface area contributed by atoms with Crippen LogP contribution in [0, 0.1) is 35.4 Å². The van der Waals surface area contributed by atoms with Crippen molar-refractivity contribution in [1.29, 1.82) is 0 Å². The second kappa shape index (κ2) is 12.2. The molecule has 1 aliphatic heterocycles. The fraction of sp³-hybridized carbons (Fsp3) is 0.0857. The molecular formula is C35H20F4N4Os. The van der Waals surface area contributed by atoms with Crippen molar-refractivity contribution in [3.8, 4) is 0 Å². The molecule has 6 aromatic rings. The monoisotopic (exact) mass is 764 g/mol. The molecular weight excluding hydrogens is 743 g/mol. The summed E-state index contributed by atoms with van der Waals surface area (Å²) in [5, 5.41) is 0. The molecule has 0 N–H and O–H groups in total. The van der Waals surface area contributed by atoms with E-state index in [9.17, 15) is 8.78 Å². The van der Waals surface area contributed by atoms with Crippen LogP contribution in [-0.4, -0.2) is 19.9 Å². The quantitative estimate of drug-likeness (QED) is 0.141. The summed E-state index contributed by atoms with van der Waals surface area (Å²) in [6, 6.07) is 30.7. The minimum atomic E-state index is -0.890. The van der Waals surface area contributed by atoms with Gasteiger partial charge in [0.2, 0.25) is 0 Å². The summed E-state index contributed by atoms with van der Waals surface area (Å²) in [7, 11) is 0. The van der Waals surface area contributed by atoms with Crippen LogP contribution in [0.1, 0.15) is 68.7 Å². The molecule has 1 aliphatic rings. The molecule has 0 aliphatic carbocycles. The van der Waals surface area contributed by atoms with Gasteiger partial charge in [-0.25, -0.2) is 0 Å². The van der Waals surface area contributed by atoms with E-state index in [1.54, 1.807) is 42.6 Å². The smallest absolute Gasteiger partial charge is 0.284 e. The Hall–Kier alpha value is -4.60. The van der Waals surface area contributed by atoms with Crippen LogP contribution >= 0.6 is 0 Å². The van der Waals surface area contributed by atoms with E-state index in [0.717, 1.165) is 24.3 Å². The number of fused-ring (bicyclic) bond motifs is 6. The summed E-state index contributed by atoms with van der Waals surface area (Å²) in [5.74, 6) is -5.47. The van der Waals surface area contributed by atoms with Gasteiger partial charge < -0.3 is 0 Å². The molecule has 0 amide bonds. The molecule has 0 saturated heterocycles. The Morgan fingerprint density at radius 3 is 1.23 bits per heavy atom. The van der Waals surface area contributed by atoms with Crippen molar-refractivity contribution in [2.24, 2.45) is 0 Å². The Balaban J connectivity index is 0.00000343. The first-order valence-electron chi connectivity index (χ1n) is 13.5.